The highest BCUT2D eigenvalue weighted by molar-refractivity contribution is 7.79. The van der Waals surface area contributed by atoms with Gasteiger partial charge in [0.25, 0.3) is 5.56 Å². The van der Waals surface area contributed by atoms with E-state index in [1.807, 2.05) is 50.2 Å². The molecule has 0 saturated heterocycles. The van der Waals surface area contributed by atoms with Gasteiger partial charge in [-0.15, -0.1) is 0 Å². The molecule has 0 aliphatic carbocycles. The van der Waals surface area contributed by atoms with Gasteiger partial charge in [0.2, 0.25) is 0 Å². The predicted molar refractivity (Wildman–Crippen MR) is 128 cm³/mol. The molecular weight excluding hydrogens is 408 g/mol. The highest BCUT2D eigenvalue weighted by Crippen LogP contribution is 2.28. The largest absolute Gasteiger partial charge is 0.394 e. The fourth-order valence-electron chi connectivity index (χ4n) is 3.56. The number of thiol groups is 1. The fourth-order valence-corrected chi connectivity index (χ4v) is 3.88. The Morgan fingerprint density at radius 1 is 1.03 bits per heavy atom. The summed E-state index contributed by atoms with van der Waals surface area (Å²) in [6, 6.07) is 16.2. The molecule has 0 saturated carbocycles. The van der Waals surface area contributed by atoms with Crippen molar-refractivity contribution in [3.8, 4) is 22.5 Å². The van der Waals surface area contributed by atoms with Gasteiger partial charge in [0.05, 0.1) is 24.5 Å². The molecule has 0 spiro atoms. The number of aromatic nitrogens is 2. The summed E-state index contributed by atoms with van der Waals surface area (Å²) in [4.78, 5) is 20.0. The van der Waals surface area contributed by atoms with E-state index in [0.29, 0.717) is 23.7 Å². The number of benzene rings is 2. The summed E-state index contributed by atoms with van der Waals surface area (Å²) in [5.41, 5.74) is 4.99. The summed E-state index contributed by atoms with van der Waals surface area (Å²) in [5, 5.41) is 9.00. The number of H-pyrrole nitrogens is 1. The molecule has 0 radical (unpaired) electrons. The van der Waals surface area contributed by atoms with Crippen LogP contribution in [0.2, 0.25) is 0 Å². The van der Waals surface area contributed by atoms with Gasteiger partial charge in [0, 0.05) is 16.9 Å². The van der Waals surface area contributed by atoms with E-state index in [9.17, 15) is 4.79 Å². The quantitative estimate of drug-likeness (QED) is 0.422. The van der Waals surface area contributed by atoms with Gasteiger partial charge in [-0.25, -0.2) is 4.98 Å². The lowest BCUT2D eigenvalue weighted by Gasteiger charge is -2.25. The van der Waals surface area contributed by atoms with Gasteiger partial charge in [-0.3, -0.25) is 4.79 Å². The third kappa shape index (κ3) is 5.45. The maximum Gasteiger partial charge on any atom is 0.255 e. The van der Waals surface area contributed by atoms with Crippen molar-refractivity contribution in [2.45, 2.75) is 45.0 Å². The number of rotatable bonds is 9. The first-order valence-electron chi connectivity index (χ1n) is 10.6. The maximum atomic E-state index is 12.4. The van der Waals surface area contributed by atoms with Crippen LogP contribution in [-0.4, -0.2) is 28.3 Å². The van der Waals surface area contributed by atoms with E-state index < -0.39 is 5.60 Å². The molecular formula is C25H30N2O3S. The second-order valence-corrected chi connectivity index (χ2v) is 8.30. The molecule has 1 aromatic heterocycles. The van der Waals surface area contributed by atoms with Gasteiger partial charge in [0.15, 0.2) is 0 Å². The topological polar surface area (TPSA) is 75.2 Å². The van der Waals surface area contributed by atoms with Crippen LogP contribution in [-0.2, 0) is 22.5 Å². The van der Waals surface area contributed by atoms with Crippen LogP contribution in [0.25, 0.3) is 22.5 Å². The lowest BCUT2D eigenvalue weighted by atomic mass is 9.95. The molecule has 0 atom stereocenters. The lowest BCUT2D eigenvalue weighted by Crippen LogP contribution is -2.23. The maximum absolute atomic E-state index is 12.4. The van der Waals surface area contributed by atoms with Gasteiger partial charge in [-0.05, 0) is 37.0 Å². The standard InChI is InChI=1S/C25H30N2O3S/c1-4-5-22-21(16-31)24(29)27-23(26-22)19-8-6-17(7-9-19)18-10-12-20(13-11-18)25(2,3)30-15-14-28/h6-13,28,31H,4-5,14-16H2,1-3H3,(H,26,27,29). The molecule has 0 unspecified atom stereocenters. The van der Waals surface area contributed by atoms with Crippen molar-refractivity contribution in [2.75, 3.05) is 13.2 Å². The molecule has 3 rings (SSSR count). The number of aromatic amines is 1. The molecule has 0 aliphatic rings. The summed E-state index contributed by atoms with van der Waals surface area (Å²) in [5.74, 6) is 0.970. The number of nitrogens with one attached hydrogen (secondary N) is 1. The minimum absolute atomic E-state index is 0.00525. The van der Waals surface area contributed by atoms with E-state index in [1.165, 1.54) is 0 Å². The van der Waals surface area contributed by atoms with Crippen LogP contribution in [0, 0.1) is 0 Å². The third-order valence-corrected chi connectivity index (χ3v) is 5.69. The molecule has 164 valence electrons. The first-order chi connectivity index (χ1) is 14.9. The second-order valence-electron chi connectivity index (χ2n) is 7.98. The van der Waals surface area contributed by atoms with Crippen molar-refractivity contribution < 1.29 is 9.84 Å². The van der Waals surface area contributed by atoms with E-state index in [0.717, 1.165) is 40.8 Å². The van der Waals surface area contributed by atoms with E-state index >= 15 is 0 Å². The Morgan fingerprint density at radius 2 is 1.61 bits per heavy atom. The van der Waals surface area contributed by atoms with Crippen LogP contribution in [0.4, 0.5) is 0 Å². The Kier molecular flexibility index (Phi) is 7.70. The van der Waals surface area contributed by atoms with Gasteiger partial charge >= 0.3 is 0 Å². The Balaban J connectivity index is 1.84. The molecule has 0 fully saturated rings. The molecule has 5 nitrogen and oxygen atoms in total. The summed E-state index contributed by atoms with van der Waals surface area (Å²) >= 11 is 4.28. The SMILES string of the molecule is CCCc1nc(-c2ccc(-c3ccc(C(C)(C)OCCO)cc3)cc2)[nH]c(=O)c1CS. The van der Waals surface area contributed by atoms with E-state index in [1.54, 1.807) is 0 Å². The first kappa shape index (κ1) is 23.3. The number of aliphatic hydroxyl groups is 1. The zero-order valence-corrected chi connectivity index (χ0v) is 19.2. The van der Waals surface area contributed by atoms with Crippen LogP contribution in [0.1, 0.15) is 44.0 Å². The zero-order valence-electron chi connectivity index (χ0n) is 18.3. The van der Waals surface area contributed by atoms with Crippen LogP contribution in [0.15, 0.2) is 53.3 Å². The van der Waals surface area contributed by atoms with Crippen LogP contribution in [0.3, 0.4) is 0 Å². The van der Waals surface area contributed by atoms with Gasteiger partial charge in [0.1, 0.15) is 5.82 Å². The van der Waals surface area contributed by atoms with Crippen LogP contribution >= 0.6 is 12.6 Å². The molecule has 2 N–H and O–H groups in total. The summed E-state index contributed by atoms with van der Waals surface area (Å²) in [6.45, 7) is 6.37. The number of ether oxygens (including phenoxy) is 1. The Bertz CT molecular complexity index is 1060. The van der Waals surface area contributed by atoms with Crippen molar-refractivity contribution in [2.24, 2.45) is 0 Å². The molecule has 0 bridgehead atoms. The van der Waals surface area contributed by atoms with E-state index in [4.69, 9.17) is 14.8 Å². The lowest BCUT2D eigenvalue weighted by molar-refractivity contribution is -0.0369. The number of hydrogen-bond donors (Lipinski definition) is 3. The minimum atomic E-state index is -0.460. The van der Waals surface area contributed by atoms with Crippen molar-refractivity contribution in [1.82, 2.24) is 9.97 Å². The Hall–Kier alpha value is -2.41. The van der Waals surface area contributed by atoms with Crippen molar-refractivity contribution in [1.29, 1.82) is 0 Å². The van der Waals surface area contributed by atoms with Crippen LogP contribution < -0.4 is 5.56 Å². The highest BCUT2D eigenvalue weighted by atomic mass is 32.1. The number of aryl methyl sites for hydroxylation is 1. The highest BCUT2D eigenvalue weighted by Gasteiger charge is 2.20. The van der Waals surface area contributed by atoms with Gasteiger partial charge in [-0.1, -0.05) is 61.9 Å². The Morgan fingerprint density at radius 3 is 2.16 bits per heavy atom. The normalized spacial score (nSPS) is 11.6. The Labute approximate surface area is 188 Å². The molecule has 31 heavy (non-hydrogen) atoms. The van der Waals surface area contributed by atoms with Crippen molar-refractivity contribution in [3.63, 3.8) is 0 Å². The molecule has 6 heteroatoms. The van der Waals surface area contributed by atoms with Crippen molar-refractivity contribution >= 4 is 12.6 Å². The van der Waals surface area contributed by atoms with E-state index in [-0.39, 0.29) is 12.2 Å². The first-order valence-corrected chi connectivity index (χ1v) is 11.2. The molecule has 0 aliphatic heterocycles. The minimum Gasteiger partial charge on any atom is -0.394 e. The van der Waals surface area contributed by atoms with Gasteiger partial charge in [-0.2, -0.15) is 12.6 Å². The molecule has 3 aromatic rings. The number of nitrogens with zero attached hydrogens (tertiary/aromatic N) is 1. The average Bonchev–Trinajstić information content (AvgIpc) is 2.78. The summed E-state index contributed by atoms with van der Waals surface area (Å²) in [6.07, 6.45) is 1.68. The third-order valence-electron chi connectivity index (χ3n) is 5.37. The summed E-state index contributed by atoms with van der Waals surface area (Å²) < 4.78 is 5.74. The predicted octanol–water partition coefficient (Wildman–Crippen LogP) is 4.73. The number of hydrogen-bond acceptors (Lipinski definition) is 5. The number of aliphatic hydroxyl groups excluding tert-OH is 1. The molecule has 2 aromatic carbocycles. The smallest absolute Gasteiger partial charge is 0.255 e. The molecule has 0 amide bonds. The molecule has 1 heterocycles. The second kappa shape index (κ2) is 10.3. The zero-order chi connectivity index (χ0) is 22.4. The van der Waals surface area contributed by atoms with Gasteiger partial charge < -0.3 is 14.8 Å². The fraction of sp³-hybridized carbons (Fsp3) is 0.360. The van der Waals surface area contributed by atoms with E-state index in [2.05, 4.69) is 36.7 Å². The van der Waals surface area contributed by atoms with Crippen LogP contribution in [0.5, 0.6) is 0 Å². The monoisotopic (exact) mass is 438 g/mol. The average molecular weight is 439 g/mol. The summed E-state index contributed by atoms with van der Waals surface area (Å²) in [7, 11) is 0. The van der Waals surface area contributed by atoms with Crippen molar-refractivity contribution in [3.05, 3.63) is 75.7 Å².